The van der Waals surface area contributed by atoms with E-state index >= 15 is 0 Å². The third-order valence-electron chi connectivity index (χ3n) is 3.11. The molecule has 0 saturated carbocycles. The van der Waals surface area contributed by atoms with Crippen molar-refractivity contribution in [2.24, 2.45) is 0 Å². The van der Waals surface area contributed by atoms with Gasteiger partial charge in [0.05, 0.1) is 11.1 Å². The molecule has 0 fully saturated rings. The number of hydrogen-bond acceptors (Lipinski definition) is 3. The maximum atomic E-state index is 6.14. The van der Waals surface area contributed by atoms with Crippen LogP contribution in [0, 0.1) is 0 Å². The fourth-order valence-electron chi connectivity index (χ4n) is 2.12. The van der Waals surface area contributed by atoms with Gasteiger partial charge in [-0.15, -0.1) is 0 Å². The number of furan rings is 1. The van der Waals surface area contributed by atoms with Gasteiger partial charge < -0.3 is 14.5 Å². The fourth-order valence-corrected chi connectivity index (χ4v) is 2.34. The van der Waals surface area contributed by atoms with E-state index in [1.165, 1.54) is 0 Å². The number of ether oxygens (including phenoxy) is 1. The highest BCUT2D eigenvalue weighted by atomic mass is 35.5. The van der Waals surface area contributed by atoms with E-state index in [1.807, 2.05) is 18.2 Å². The second-order valence-corrected chi connectivity index (χ2v) is 5.00. The van der Waals surface area contributed by atoms with Crippen LogP contribution in [0.4, 0.5) is 0 Å². The molecule has 1 unspecified atom stereocenters. The average Bonchev–Trinajstić information content (AvgIpc) is 2.84. The fraction of sp³-hybridized carbons (Fsp3) is 0.467. The molecule has 1 heterocycles. The quantitative estimate of drug-likeness (QED) is 0.827. The third-order valence-corrected chi connectivity index (χ3v) is 3.41. The topological polar surface area (TPSA) is 34.4 Å². The van der Waals surface area contributed by atoms with Crippen molar-refractivity contribution in [2.75, 3.05) is 20.3 Å². The zero-order valence-corrected chi connectivity index (χ0v) is 12.2. The molecule has 1 aromatic heterocycles. The van der Waals surface area contributed by atoms with Gasteiger partial charge in [0.15, 0.2) is 5.58 Å². The largest absolute Gasteiger partial charge is 0.458 e. The molecule has 3 nitrogen and oxygen atoms in total. The molecule has 1 aromatic carbocycles. The molecule has 4 heteroatoms. The van der Waals surface area contributed by atoms with E-state index in [0.29, 0.717) is 11.6 Å². The van der Waals surface area contributed by atoms with Crippen LogP contribution in [0.3, 0.4) is 0 Å². The van der Waals surface area contributed by atoms with Crippen LogP contribution >= 0.6 is 11.6 Å². The molecule has 2 rings (SSSR count). The number of para-hydroxylation sites is 1. The van der Waals surface area contributed by atoms with Gasteiger partial charge in [-0.05, 0) is 31.5 Å². The summed E-state index contributed by atoms with van der Waals surface area (Å²) < 4.78 is 11.1. The van der Waals surface area contributed by atoms with Gasteiger partial charge in [-0.1, -0.05) is 30.7 Å². The van der Waals surface area contributed by atoms with Crippen LogP contribution in [0.1, 0.15) is 31.6 Å². The molecule has 0 radical (unpaired) electrons. The van der Waals surface area contributed by atoms with Gasteiger partial charge >= 0.3 is 0 Å². The highest BCUT2D eigenvalue weighted by molar-refractivity contribution is 6.34. The summed E-state index contributed by atoms with van der Waals surface area (Å²) in [5, 5.41) is 5.19. The van der Waals surface area contributed by atoms with Crippen LogP contribution in [0.2, 0.25) is 5.02 Å². The monoisotopic (exact) mass is 281 g/mol. The van der Waals surface area contributed by atoms with Gasteiger partial charge in [-0.25, -0.2) is 0 Å². The lowest BCUT2D eigenvalue weighted by atomic mass is 10.1. The lowest BCUT2D eigenvalue weighted by Crippen LogP contribution is -2.22. The predicted molar refractivity (Wildman–Crippen MR) is 78.8 cm³/mol. The van der Waals surface area contributed by atoms with Gasteiger partial charge in [0.25, 0.3) is 0 Å². The van der Waals surface area contributed by atoms with Crippen molar-refractivity contribution in [3.63, 3.8) is 0 Å². The van der Waals surface area contributed by atoms with Crippen LogP contribution in [-0.2, 0) is 4.74 Å². The molecular formula is C15H20ClNO2. The van der Waals surface area contributed by atoms with Crippen molar-refractivity contribution in [3.8, 4) is 0 Å². The second-order valence-electron chi connectivity index (χ2n) is 4.60. The van der Waals surface area contributed by atoms with Gasteiger partial charge in [-0.3, -0.25) is 0 Å². The first-order valence-corrected chi connectivity index (χ1v) is 7.04. The lowest BCUT2D eigenvalue weighted by Gasteiger charge is -2.15. The summed E-state index contributed by atoms with van der Waals surface area (Å²) in [6, 6.07) is 8.03. The summed E-state index contributed by atoms with van der Waals surface area (Å²) in [5.74, 6) is 0.925. The molecule has 2 aromatic rings. The Morgan fingerprint density at radius 3 is 2.95 bits per heavy atom. The Kier molecular flexibility index (Phi) is 5.25. The normalized spacial score (nSPS) is 13.0. The second kappa shape index (κ2) is 6.94. The molecular weight excluding hydrogens is 262 g/mol. The van der Waals surface area contributed by atoms with E-state index in [2.05, 4.69) is 18.3 Å². The number of rotatable bonds is 7. The molecule has 1 atom stereocenters. The summed E-state index contributed by atoms with van der Waals surface area (Å²) in [7, 11) is 1.71. The molecule has 0 saturated heterocycles. The number of nitrogens with one attached hydrogen (secondary N) is 1. The summed E-state index contributed by atoms with van der Waals surface area (Å²) in [4.78, 5) is 0. The van der Waals surface area contributed by atoms with Gasteiger partial charge in [-0.2, -0.15) is 0 Å². The summed E-state index contributed by atoms with van der Waals surface area (Å²) in [6.45, 7) is 3.81. The first-order chi connectivity index (χ1) is 9.26. The Balaban J connectivity index is 2.24. The molecule has 0 amide bonds. The van der Waals surface area contributed by atoms with Gasteiger partial charge in [0.2, 0.25) is 0 Å². The minimum atomic E-state index is 0.170. The standard InChI is InChI=1S/C15H20ClNO2/c1-3-8-17-13(7-9-18-2)14-10-11-5-4-6-12(16)15(11)19-14/h4-6,10,13,17H,3,7-9H2,1-2H3. The Labute approximate surface area is 118 Å². The van der Waals surface area contributed by atoms with E-state index in [9.17, 15) is 0 Å². The summed E-state index contributed by atoms with van der Waals surface area (Å²) >= 11 is 6.14. The molecule has 0 aliphatic heterocycles. The highest BCUT2D eigenvalue weighted by Gasteiger charge is 2.16. The van der Waals surface area contributed by atoms with E-state index in [0.717, 1.165) is 36.1 Å². The van der Waals surface area contributed by atoms with E-state index in [1.54, 1.807) is 7.11 Å². The highest BCUT2D eigenvalue weighted by Crippen LogP contribution is 2.30. The van der Waals surface area contributed by atoms with E-state index in [-0.39, 0.29) is 6.04 Å². The van der Waals surface area contributed by atoms with Crippen LogP contribution in [-0.4, -0.2) is 20.3 Å². The van der Waals surface area contributed by atoms with Crippen LogP contribution in [0.25, 0.3) is 11.0 Å². The Hall–Kier alpha value is -1.03. The summed E-state index contributed by atoms with van der Waals surface area (Å²) in [5.41, 5.74) is 0.764. The van der Waals surface area contributed by atoms with Crippen LogP contribution < -0.4 is 5.32 Å². The maximum absolute atomic E-state index is 6.14. The Morgan fingerprint density at radius 2 is 2.26 bits per heavy atom. The van der Waals surface area contributed by atoms with E-state index < -0.39 is 0 Å². The van der Waals surface area contributed by atoms with Crippen molar-refractivity contribution in [3.05, 3.63) is 35.0 Å². The first kappa shape index (κ1) is 14.4. The van der Waals surface area contributed by atoms with Crippen molar-refractivity contribution in [1.29, 1.82) is 0 Å². The van der Waals surface area contributed by atoms with Crippen LogP contribution in [0.5, 0.6) is 0 Å². The molecule has 104 valence electrons. The summed E-state index contributed by atoms with van der Waals surface area (Å²) in [6.07, 6.45) is 1.97. The minimum absolute atomic E-state index is 0.170. The molecule has 1 N–H and O–H groups in total. The SMILES string of the molecule is CCCNC(CCOC)c1cc2cccc(Cl)c2o1. The molecule has 0 aliphatic rings. The van der Waals surface area contributed by atoms with Crippen molar-refractivity contribution in [1.82, 2.24) is 5.32 Å². The number of methoxy groups -OCH3 is 1. The molecule has 0 bridgehead atoms. The molecule has 0 spiro atoms. The van der Waals surface area contributed by atoms with Crippen molar-refractivity contribution >= 4 is 22.6 Å². The smallest absolute Gasteiger partial charge is 0.152 e. The Bertz CT molecular complexity index is 516. The third kappa shape index (κ3) is 3.50. The zero-order chi connectivity index (χ0) is 13.7. The van der Waals surface area contributed by atoms with E-state index in [4.69, 9.17) is 20.8 Å². The minimum Gasteiger partial charge on any atom is -0.458 e. The Morgan fingerprint density at radius 1 is 1.42 bits per heavy atom. The number of hydrogen-bond donors (Lipinski definition) is 1. The van der Waals surface area contributed by atoms with Crippen molar-refractivity contribution < 1.29 is 9.15 Å². The molecule has 19 heavy (non-hydrogen) atoms. The maximum Gasteiger partial charge on any atom is 0.152 e. The predicted octanol–water partition coefficient (Wildman–Crippen LogP) is 4.16. The number of fused-ring (bicyclic) bond motifs is 1. The number of halogens is 1. The average molecular weight is 282 g/mol. The van der Waals surface area contributed by atoms with Gasteiger partial charge in [0, 0.05) is 19.1 Å². The zero-order valence-electron chi connectivity index (χ0n) is 11.4. The van der Waals surface area contributed by atoms with Crippen LogP contribution in [0.15, 0.2) is 28.7 Å². The van der Waals surface area contributed by atoms with Crippen molar-refractivity contribution in [2.45, 2.75) is 25.8 Å². The van der Waals surface area contributed by atoms with Gasteiger partial charge in [0.1, 0.15) is 5.76 Å². The molecule has 0 aliphatic carbocycles. The first-order valence-electron chi connectivity index (χ1n) is 6.66. The number of benzene rings is 1. The lowest BCUT2D eigenvalue weighted by molar-refractivity contribution is 0.179.